The van der Waals surface area contributed by atoms with Crippen molar-refractivity contribution >= 4 is 33.3 Å². The van der Waals surface area contributed by atoms with Crippen molar-refractivity contribution in [3.05, 3.63) is 0 Å². The minimum absolute atomic E-state index is 0.227. The van der Waals surface area contributed by atoms with Gasteiger partial charge in [0.15, 0.2) is 5.12 Å². The first kappa shape index (κ1) is 5.25. The first-order valence-electron chi connectivity index (χ1n) is 2.02. The van der Waals surface area contributed by atoms with E-state index < -0.39 is 0 Å². The van der Waals surface area contributed by atoms with Crippen LogP contribution in [-0.4, -0.2) is 9.31 Å². The van der Waals surface area contributed by atoms with E-state index in [1.807, 2.05) is 0 Å². The Morgan fingerprint density at radius 2 is 2.29 bits per heavy atom. The summed E-state index contributed by atoms with van der Waals surface area (Å²) in [5, 5.41) is 0.227. The highest BCUT2D eigenvalue weighted by Crippen LogP contribution is 2.21. The number of thioether (sulfide) groups is 1. The molecule has 0 N–H and O–H groups in total. The molecule has 0 radical (unpaired) electrons. The average molecular weight is 132 g/mol. The molecule has 0 aliphatic carbocycles. The van der Waals surface area contributed by atoms with Gasteiger partial charge in [-0.15, -0.1) is 0 Å². The third kappa shape index (κ3) is 1.24. The molecule has 0 aromatic carbocycles. The molecule has 0 unspecified atom stereocenters. The van der Waals surface area contributed by atoms with Crippen molar-refractivity contribution in [3.63, 3.8) is 0 Å². The number of thiocarbonyl (C=S) groups is 1. The summed E-state index contributed by atoms with van der Waals surface area (Å²) >= 11 is 5.95. The molecule has 0 atom stereocenters. The lowest BCUT2D eigenvalue weighted by Crippen LogP contribution is -1.75. The Morgan fingerprint density at radius 3 is 2.43 bits per heavy atom. The first-order chi connectivity index (χ1) is 3.29. The SMILES string of the molecule is O=C1CCC(=S)S1. The second-order valence-corrected chi connectivity index (χ2v) is 3.25. The Labute approximate surface area is 51.5 Å². The molecule has 1 fully saturated rings. The predicted octanol–water partition coefficient (Wildman–Crippen LogP) is 1.37. The van der Waals surface area contributed by atoms with E-state index >= 15 is 0 Å². The smallest absolute Gasteiger partial charge is 0.194 e. The van der Waals surface area contributed by atoms with Crippen molar-refractivity contribution in [1.82, 2.24) is 0 Å². The normalized spacial score (nSPS) is 21.1. The fourth-order valence-electron chi connectivity index (χ4n) is 0.433. The quantitative estimate of drug-likeness (QED) is 0.463. The molecule has 1 aliphatic heterocycles. The highest BCUT2D eigenvalue weighted by Gasteiger charge is 2.14. The van der Waals surface area contributed by atoms with Gasteiger partial charge >= 0.3 is 0 Å². The third-order valence-electron chi connectivity index (χ3n) is 0.761. The molecule has 1 heterocycles. The lowest BCUT2D eigenvalue weighted by atomic mass is 10.4. The van der Waals surface area contributed by atoms with Gasteiger partial charge in [-0.2, -0.15) is 0 Å². The van der Waals surface area contributed by atoms with Crippen LogP contribution in [0.5, 0.6) is 0 Å². The Morgan fingerprint density at radius 1 is 1.57 bits per heavy atom. The second kappa shape index (κ2) is 1.92. The van der Waals surface area contributed by atoms with Gasteiger partial charge in [-0.25, -0.2) is 0 Å². The molecule has 0 bridgehead atoms. The maximum absolute atomic E-state index is 10.3. The first-order valence-corrected chi connectivity index (χ1v) is 3.25. The van der Waals surface area contributed by atoms with Gasteiger partial charge in [0.1, 0.15) is 0 Å². The molecule has 0 amide bonds. The minimum Gasteiger partial charge on any atom is -0.287 e. The molecule has 1 aliphatic rings. The molecule has 7 heavy (non-hydrogen) atoms. The summed E-state index contributed by atoms with van der Waals surface area (Å²) < 4.78 is 0.852. The van der Waals surface area contributed by atoms with Gasteiger partial charge in [0, 0.05) is 6.42 Å². The number of hydrogen-bond acceptors (Lipinski definition) is 3. The van der Waals surface area contributed by atoms with Crippen molar-refractivity contribution in [2.24, 2.45) is 0 Å². The zero-order valence-corrected chi connectivity index (χ0v) is 5.27. The maximum atomic E-state index is 10.3. The molecule has 0 aromatic heterocycles. The van der Waals surface area contributed by atoms with Crippen LogP contribution in [0.1, 0.15) is 12.8 Å². The van der Waals surface area contributed by atoms with Gasteiger partial charge in [0.25, 0.3) is 0 Å². The zero-order valence-electron chi connectivity index (χ0n) is 3.64. The van der Waals surface area contributed by atoms with Gasteiger partial charge in [-0.1, -0.05) is 12.2 Å². The van der Waals surface area contributed by atoms with Gasteiger partial charge in [0.05, 0.1) is 4.20 Å². The van der Waals surface area contributed by atoms with Crippen LogP contribution in [0.4, 0.5) is 0 Å². The molecule has 0 spiro atoms. The van der Waals surface area contributed by atoms with E-state index in [-0.39, 0.29) is 5.12 Å². The predicted molar refractivity (Wildman–Crippen MR) is 34.4 cm³/mol. The summed E-state index contributed by atoms with van der Waals surface area (Å²) in [6.07, 6.45) is 1.47. The summed E-state index contributed by atoms with van der Waals surface area (Å²) in [4.78, 5) is 10.3. The standard InChI is InChI=1S/C4H4OS2/c5-3-1-2-4(6)7-3/h1-2H2. The fraction of sp³-hybridized carbons (Fsp3) is 0.500. The lowest BCUT2D eigenvalue weighted by molar-refractivity contribution is -0.110. The Bertz CT molecular complexity index is 105. The number of carbonyl (C=O) groups is 1. The van der Waals surface area contributed by atoms with Crippen LogP contribution in [0, 0.1) is 0 Å². The van der Waals surface area contributed by atoms with E-state index in [4.69, 9.17) is 12.2 Å². The van der Waals surface area contributed by atoms with E-state index in [9.17, 15) is 4.79 Å². The largest absolute Gasteiger partial charge is 0.287 e. The van der Waals surface area contributed by atoms with Crippen LogP contribution in [-0.2, 0) is 4.79 Å². The van der Waals surface area contributed by atoms with Gasteiger partial charge in [-0.05, 0) is 18.2 Å². The number of rotatable bonds is 0. The topological polar surface area (TPSA) is 17.1 Å². The van der Waals surface area contributed by atoms with E-state index in [0.29, 0.717) is 6.42 Å². The summed E-state index contributed by atoms with van der Waals surface area (Å²) in [5.41, 5.74) is 0. The van der Waals surface area contributed by atoms with E-state index in [0.717, 1.165) is 10.6 Å². The van der Waals surface area contributed by atoms with Crippen LogP contribution in [0.25, 0.3) is 0 Å². The average Bonchev–Trinajstić information content (AvgIpc) is 1.87. The molecule has 1 rings (SSSR count). The van der Waals surface area contributed by atoms with Crippen molar-refractivity contribution in [1.29, 1.82) is 0 Å². The lowest BCUT2D eigenvalue weighted by Gasteiger charge is -1.75. The highest BCUT2D eigenvalue weighted by atomic mass is 32.2. The van der Waals surface area contributed by atoms with Crippen molar-refractivity contribution in [2.45, 2.75) is 12.8 Å². The summed E-state index contributed by atoms with van der Waals surface area (Å²) in [6.45, 7) is 0. The van der Waals surface area contributed by atoms with Crippen LogP contribution < -0.4 is 0 Å². The Hall–Kier alpha value is 0.110. The number of hydrogen-bond donors (Lipinski definition) is 0. The molecule has 1 saturated heterocycles. The van der Waals surface area contributed by atoms with E-state index in [2.05, 4.69) is 0 Å². The molecule has 3 heteroatoms. The molecule has 0 saturated carbocycles. The minimum atomic E-state index is 0.227. The highest BCUT2D eigenvalue weighted by molar-refractivity contribution is 8.33. The second-order valence-electron chi connectivity index (χ2n) is 1.35. The van der Waals surface area contributed by atoms with Crippen LogP contribution in [0.15, 0.2) is 0 Å². The van der Waals surface area contributed by atoms with Crippen molar-refractivity contribution < 1.29 is 4.79 Å². The molecular formula is C4H4OS2. The third-order valence-corrected chi connectivity index (χ3v) is 2.08. The van der Waals surface area contributed by atoms with Crippen LogP contribution in [0.2, 0.25) is 0 Å². The molecular weight excluding hydrogens is 128 g/mol. The molecule has 0 aromatic rings. The monoisotopic (exact) mass is 132 g/mol. The molecule has 38 valence electrons. The zero-order chi connectivity index (χ0) is 5.28. The van der Waals surface area contributed by atoms with Crippen molar-refractivity contribution in [3.8, 4) is 0 Å². The summed E-state index contributed by atoms with van der Waals surface area (Å²) in [5.74, 6) is 0. The Kier molecular flexibility index (Phi) is 1.44. The molecule has 1 nitrogen and oxygen atoms in total. The van der Waals surface area contributed by atoms with Crippen molar-refractivity contribution in [2.75, 3.05) is 0 Å². The van der Waals surface area contributed by atoms with Crippen LogP contribution >= 0.6 is 24.0 Å². The fourth-order valence-corrected chi connectivity index (χ4v) is 1.48. The van der Waals surface area contributed by atoms with E-state index in [1.54, 1.807) is 0 Å². The van der Waals surface area contributed by atoms with E-state index in [1.165, 1.54) is 11.8 Å². The summed E-state index contributed by atoms with van der Waals surface area (Å²) in [7, 11) is 0. The van der Waals surface area contributed by atoms with Gasteiger partial charge < -0.3 is 0 Å². The van der Waals surface area contributed by atoms with Crippen LogP contribution in [0.3, 0.4) is 0 Å². The van der Waals surface area contributed by atoms with Gasteiger partial charge in [0.2, 0.25) is 0 Å². The maximum Gasteiger partial charge on any atom is 0.194 e. The van der Waals surface area contributed by atoms with Gasteiger partial charge in [-0.3, -0.25) is 4.79 Å². The number of carbonyl (C=O) groups excluding carboxylic acids is 1. The Balaban J connectivity index is 2.55. The summed E-state index contributed by atoms with van der Waals surface area (Å²) in [6, 6.07) is 0.